The van der Waals surface area contributed by atoms with E-state index in [2.05, 4.69) is 65.1 Å². The largest absolute Gasteiger partial charge is 0.330 e. The van der Waals surface area contributed by atoms with Crippen molar-refractivity contribution in [1.82, 2.24) is 5.32 Å². The van der Waals surface area contributed by atoms with Crippen LogP contribution >= 0.6 is 0 Å². The van der Waals surface area contributed by atoms with Gasteiger partial charge in [-0.2, -0.15) is 0 Å². The second-order valence-corrected chi connectivity index (χ2v) is 7.17. The molecule has 0 aliphatic carbocycles. The van der Waals surface area contributed by atoms with Gasteiger partial charge in [-0.3, -0.25) is 0 Å². The summed E-state index contributed by atoms with van der Waals surface area (Å²) >= 11 is 0. The third kappa shape index (κ3) is 4.63. The van der Waals surface area contributed by atoms with E-state index in [-0.39, 0.29) is 10.8 Å². The van der Waals surface area contributed by atoms with Crippen LogP contribution in [0.4, 0.5) is 0 Å². The van der Waals surface area contributed by atoms with Crippen molar-refractivity contribution in [1.29, 1.82) is 0 Å². The third-order valence-electron chi connectivity index (χ3n) is 3.83. The van der Waals surface area contributed by atoms with Crippen LogP contribution in [0.5, 0.6) is 0 Å². The lowest BCUT2D eigenvalue weighted by molar-refractivity contribution is 0.332. The summed E-state index contributed by atoms with van der Waals surface area (Å²) in [7, 11) is 0. The van der Waals surface area contributed by atoms with E-state index in [4.69, 9.17) is 5.73 Å². The standard InChI is InChI=1S/C17H30N2/c1-13-7-8-15(14(2)9-13)17(5,6)12-19-11-16(3,4)10-18/h7-9,19H,10-12,18H2,1-6H3. The molecule has 0 unspecified atom stereocenters. The molecule has 0 aliphatic rings. The van der Waals surface area contributed by atoms with Crippen molar-refractivity contribution in [2.45, 2.75) is 47.0 Å². The first kappa shape index (κ1) is 16.2. The smallest absolute Gasteiger partial charge is 0.00435 e. The Hall–Kier alpha value is -0.860. The van der Waals surface area contributed by atoms with Crippen LogP contribution in [-0.2, 0) is 5.41 Å². The van der Waals surface area contributed by atoms with E-state index in [0.717, 1.165) is 13.1 Å². The molecule has 1 aromatic carbocycles. The van der Waals surface area contributed by atoms with Gasteiger partial charge in [0.1, 0.15) is 0 Å². The van der Waals surface area contributed by atoms with Gasteiger partial charge in [-0.05, 0) is 36.9 Å². The number of hydrogen-bond donors (Lipinski definition) is 2. The van der Waals surface area contributed by atoms with Gasteiger partial charge in [0.25, 0.3) is 0 Å². The summed E-state index contributed by atoms with van der Waals surface area (Å²) in [4.78, 5) is 0. The highest BCUT2D eigenvalue weighted by Crippen LogP contribution is 2.26. The Kier molecular flexibility index (Phi) is 5.17. The van der Waals surface area contributed by atoms with Gasteiger partial charge in [0.15, 0.2) is 0 Å². The van der Waals surface area contributed by atoms with Gasteiger partial charge in [0.2, 0.25) is 0 Å². The summed E-state index contributed by atoms with van der Waals surface area (Å²) in [6, 6.07) is 6.73. The number of nitrogens with two attached hydrogens (primary N) is 1. The molecule has 0 fully saturated rings. The Labute approximate surface area is 118 Å². The number of aryl methyl sites for hydroxylation is 2. The summed E-state index contributed by atoms with van der Waals surface area (Å²) in [5.74, 6) is 0. The molecule has 19 heavy (non-hydrogen) atoms. The molecule has 1 aromatic rings. The quantitative estimate of drug-likeness (QED) is 0.826. The van der Waals surface area contributed by atoms with Crippen LogP contribution in [0.2, 0.25) is 0 Å². The van der Waals surface area contributed by atoms with E-state index >= 15 is 0 Å². The summed E-state index contributed by atoms with van der Waals surface area (Å²) in [5, 5.41) is 3.58. The van der Waals surface area contributed by atoms with Gasteiger partial charge in [-0.15, -0.1) is 0 Å². The summed E-state index contributed by atoms with van der Waals surface area (Å²) < 4.78 is 0. The van der Waals surface area contributed by atoms with Crippen molar-refractivity contribution in [3.8, 4) is 0 Å². The van der Waals surface area contributed by atoms with E-state index < -0.39 is 0 Å². The molecule has 0 amide bonds. The molecular formula is C17H30N2. The first-order valence-electron chi connectivity index (χ1n) is 7.16. The maximum atomic E-state index is 5.77. The van der Waals surface area contributed by atoms with Crippen molar-refractivity contribution >= 4 is 0 Å². The molecule has 2 heteroatoms. The minimum atomic E-state index is 0.141. The van der Waals surface area contributed by atoms with Crippen LogP contribution in [0.15, 0.2) is 18.2 Å². The minimum Gasteiger partial charge on any atom is -0.330 e. The zero-order valence-electron chi connectivity index (χ0n) is 13.4. The fourth-order valence-corrected chi connectivity index (χ4v) is 2.45. The third-order valence-corrected chi connectivity index (χ3v) is 3.83. The highest BCUT2D eigenvalue weighted by atomic mass is 14.9. The summed E-state index contributed by atoms with van der Waals surface area (Å²) in [5.41, 5.74) is 10.2. The molecule has 0 radical (unpaired) electrons. The second kappa shape index (κ2) is 6.06. The van der Waals surface area contributed by atoms with Crippen LogP contribution in [0.25, 0.3) is 0 Å². The Morgan fingerprint density at radius 1 is 1.05 bits per heavy atom. The molecule has 0 aromatic heterocycles. The van der Waals surface area contributed by atoms with Gasteiger partial charge in [0, 0.05) is 18.5 Å². The average molecular weight is 262 g/mol. The van der Waals surface area contributed by atoms with Crippen molar-refractivity contribution in [2.75, 3.05) is 19.6 Å². The average Bonchev–Trinajstić information content (AvgIpc) is 2.27. The number of hydrogen-bond acceptors (Lipinski definition) is 2. The van der Waals surface area contributed by atoms with E-state index in [1.54, 1.807) is 0 Å². The van der Waals surface area contributed by atoms with E-state index in [1.807, 2.05) is 0 Å². The lowest BCUT2D eigenvalue weighted by Gasteiger charge is -2.30. The van der Waals surface area contributed by atoms with Gasteiger partial charge in [0.05, 0.1) is 0 Å². The second-order valence-electron chi connectivity index (χ2n) is 7.17. The molecule has 2 nitrogen and oxygen atoms in total. The molecule has 1 rings (SSSR count). The molecule has 0 bridgehead atoms. The van der Waals surface area contributed by atoms with Gasteiger partial charge in [-0.1, -0.05) is 51.5 Å². The highest BCUT2D eigenvalue weighted by Gasteiger charge is 2.23. The van der Waals surface area contributed by atoms with Crippen molar-refractivity contribution in [3.63, 3.8) is 0 Å². The predicted molar refractivity (Wildman–Crippen MR) is 84.6 cm³/mol. The Morgan fingerprint density at radius 3 is 2.21 bits per heavy atom. The van der Waals surface area contributed by atoms with Crippen molar-refractivity contribution in [3.05, 3.63) is 34.9 Å². The van der Waals surface area contributed by atoms with Crippen molar-refractivity contribution in [2.24, 2.45) is 11.1 Å². The molecule has 0 saturated carbocycles. The normalized spacial score (nSPS) is 12.8. The Balaban J connectivity index is 2.70. The van der Waals surface area contributed by atoms with E-state index in [9.17, 15) is 0 Å². The first-order valence-corrected chi connectivity index (χ1v) is 7.16. The van der Waals surface area contributed by atoms with E-state index in [0.29, 0.717) is 6.54 Å². The highest BCUT2D eigenvalue weighted by molar-refractivity contribution is 5.35. The molecule has 0 spiro atoms. The Bertz CT molecular complexity index is 419. The maximum absolute atomic E-state index is 5.77. The zero-order chi connectivity index (χ0) is 14.7. The van der Waals surface area contributed by atoms with E-state index in [1.165, 1.54) is 16.7 Å². The minimum absolute atomic E-state index is 0.141. The number of rotatable bonds is 6. The molecule has 0 atom stereocenters. The van der Waals surface area contributed by atoms with Crippen LogP contribution in [0.3, 0.4) is 0 Å². The fourth-order valence-electron chi connectivity index (χ4n) is 2.45. The molecule has 0 saturated heterocycles. The molecule has 3 N–H and O–H groups in total. The van der Waals surface area contributed by atoms with Crippen LogP contribution in [-0.4, -0.2) is 19.6 Å². The number of nitrogens with one attached hydrogen (secondary N) is 1. The van der Waals surface area contributed by atoms with Crippen LogP contribution in [0, 0.1) is 19.3 Å². The number of benzene rings is 1. The maximum Gasteiger partial charge on any atom is 0.00435 e. The summed E-state index contributed by atoms with van der Waals surface area (Å²) in [6.07, 6.45) is 0. The lowest BCUT2D eigenvalue weighted by atomic mass is 9.81. The van der Waals surface area contributed by atoms with Gasteiger partial charge in [-0.25, -0.2) is 0 Å². The predicted octanol–water partition coefficient (Wildman–Crippen LogP) is 3.16. The van der Waals surface area contributed by atoms with Gasteiger partial charge < -0.3 is 11.1 Å². The Morgan fingerprint density at radius 2 is 1.68 bits per heavy atom. The lowest BCUT2D eigenvalue weighted by Crippen LogP contribution is -2.41. The molecule has 108 valence electrons. The fraction of sp³-hybridized carbons (Fsp3) is 0.647. The SMILES string of the molecule is Cc1ccc(C(C)(C)CNCC(C)(C)CN)c(C)c1. The van der Waals surface area contributed by atoms with Crippen molar-refractivity contribution < 1.29 is 0 Å². The van der Waals surface area contributed by atoms with Gasteiger partial charge >= 0.3 is 0 Å². The molecular weight excluding hydrogens is 232 g/mol. The molecule has 0 heterocycles. The summed E-state index contributed by atoms with van der Waals surface area (Å²) in [6.45, 7) is 16.0. The van der Waals surface area contributed by atoms with Crippen LogP contribution < -0.4 is 11.1 Å². The molecule has 0 aliphatic heterocycles. The monoisotopic (exact) mass is 262 g/mol. The zero-order valence-corrected chi connectivity index (χ0v) is 13.4. The topological polar surface area (TPSA) is 38.0 Å². The first-order chi connectivity index (χ1) is 8.68. The van der Waals surface area contributed by atoms with Crippen LogP contribution in [0.1, 0.15) is 44.4 Å².